The molecule has 0 aliphatic rings. The molecule has 0 fully saturated rings. The van der Waals surface area contributed by atoms with E-state index in [9.17, 15) is 4.79 Å². The van der Waals surface area contributed by atoms with Gasteiger partial charge >= 0.3 is 0 Å². The monoisotopic (exact) mass is 263 g/mol. The molecule has 2 rings (SSSR count). The van der Waals surface area contributed by atoms with Crippen molar-refractivity contribution in [2.24, 2.45) is 0 Å². The molecule has 2 aromatic rings. The van der Waals surface area contributed by atoms with Crippen molar-refractivity contribution in [2.45, 2.75) is 20.8 Å². The maximum Gasteiger partial charge on any atom is 0.194 e. The number of hydrogen-bond donors (Lipinski definition) is 0. The first-order chi connectivity index (χ1) is 9.06. The number of carbonyl (C=O) groups excluding carboxylic acids is 1. The minimum Gasteiger partial charge on any atom is -0.478 e. The molecule has 0 atom stereocenters. The van der Waals surface area contributed by atoms with Gasteiger partial charge in [-0.2, -0.15) is 0 Å². The zero-order chi connectivity index (χ0) is 14.4. The van der Waals surface area contributed by atoms with Gasteiger partial charge in [0.1, 0.15) is 18.1 Å². The molecule has 0 bridgehead atoms. The van der Waals surface area contributed by atoms with Crippen LogP contribution in [-0.4, -0.2) is 31.5 Å². The number of ether oxygens (including phenoxy) is 1. The average Bonchev–Trinajstić information content (AvgIpc) is 2.82. The van der Waals surface area contributed by atoms with Crippen LogP contribution in [-0.2, 0) is 0 Å². The minimum atomic E-state index is -0.0723. The highest BCUT2D eigenvalue weighted by Gasteiger charge is 2.08. The van der Waals surface area contributed by atoms with E-state index >= 15 is 0 Å². The molecule has 0 spiro atoms. The number of hydrogen-bond acceptors (Lipinski definition) is 4. The first-order valence-electron chi connectivity index (χ1n) is 6.38. The Bertz CT molecular complexity index is 543. The standard InChI is InChI=1S/C13H15NO3.C2H6/c1-9(15)13-7-10-6-11(16-8-14(2)3)4-5-12(10)17-13;1-2/h4-7H,8H2,1-3H3;1-2H3. The fourth-order valence-corrected chi connectivity index (χ4v) is 1.49. The van der Waals surface area contributed by atoms with Gasteiger partial charge in [0.2, 0.25) is 0 Å². The summed E-state index contributed by atoms with van der Waals surface area (Å²) in [5, 5.41) is 0.881. The largest absolute Gasteiger partial charge is 0.478 e. The molecule has 0 saturated heterocycles. The second kappa shape index (κ2) is 6.95. The van der Waals surface area contributed by atoms with Crippen molar-refractivity contribution in [2.75, 3.05) is 20.8 Å². The number of Topliss-reactive ketones (excluding diaryl/α,β-unsaturated/α-hetero) is 1. The number of furan rings is 1. The zero-order valence-electron chi connectivity index (χ0n) is 12.2. The maximum atomic E-state index is 11.2. The lowest BCUT2D eigenvalue weighted by atomic mass is 10.2. The molecule has 0 N–H and O–H groups in total. The Hall–Kier alpha value is -1.81. The van der Waals surface area contributed by atoms with E-state index in [1.807, 2.05) is 51.0 Å². The minimum absolute atomic E-state index is 0.0723. The van der Waals surface area contributed by atoms with Crippen LogP contribution in [0.1, 0.15) is 31.3 Å². The fraction of sp³-hybridized carbons (Fsp3) is 0.400. The van der Waals surface area contributed by atoms with Gasteiger partial charge in [0, 0.05) is 12.3 Å². The van der Waals surface area contributed by atoms with Crippen molar-refractivity contribution in [1.82, 2.24) is 4.90 Å². The Morgan fingerprint density at radius 1 is 1.26 bits per heavy atom. The van der Waals surface area contributed by atoms with Crippen LogP contribution < -0.4 is 4.74 Å². The summed E-state index contributed by atoms with van der Waals surface area (Å²) in [5.74, 6) is 1.07. The van der Waals surface area contributed by atoms with Gasteiger partial charge in [-0.25, -0.2) is 0 Å². The van der Waals surface area contributed by atoms with Crippen molar-refractivity contribution in [3.05, 3.63) is 30.0 Å². The summed E-state index contributed by atoms with van der Waals surface area (Å²) in [6.07, 6.45) is 0. The van der Waals surface area contributed by atoms with E-state index in [0.29, 0.717) is 18.1 Å². The molecule has 0 aliphatic heterocycles. The summed E-state index contributed by atoms with van der Waals surface area (Å²) in [4.78, 5) is 13.1. The van der Waals surface area contributed by atoms with Gasteiger partial charge < -0.3 is 9.15 Å². The van der Waals surface area contributed by atoms with Crippen molar-refractivity contribution in [3.8, 4) is 5.75 Å². The Morgan fingerprint density at radius 3 is 2.53 bits per heavy atom. The molecule has 1 aromatic heterocycles. The molecule has 0 amide bonds. The highest BCUT2D eigenvalue weighted by atomic mass is 16.5. The van der Waals surface area contributed by atoms with Crippen LogP contribution in [0.3, 0.4) is 0 Å². The molecule has 0 unspecified atom stereocenters. The molecule has 4 heteroatoms. The van der Waals surface area contributed by atoms with Crippen LogP contribution in [0.4, 0.5) is 0 Å². The number of benzene rings is 1. The van der Waals surface area contributed by atoms with E-state index in [-0.39, 0.29) is 5.78 Å². The first kappa shape index (κ1) is 15.2. The van der Waals surface area contributed by atoms with Crippen molar-refractivity contribution >= 4 is 16.8 Å². The highest BCUT2D eigenvalue weighted by molar-refractivity contribution is 5.96. The van der Waals surface area contributed by atoms with Gasteiger partial charge in [-0.15, -0.1) is 0 Å². The Balaban J connectivity index is 0.000000861. The summed E-state index contributed by atoms with van der Waals surface area (Å²) >= 11 is 0. The highest BCUT2D eigenvalue weighted by Crippen LogP contribution is 2.24. The van der Waals surface area contributed by atoms with Crippen LogP contribution in [0.2, 0.25) is 0 Å². The van der Waals surface area contributed by atoms with Gasteiger partial charge in [0.15, 0.2) is 11.5 Å². The lowest BCUT2D eigenvalue weighted by Gasteiger charge is -2.11. The van der Waals surface area contributed by atoms with Crippen LogP contribution in [0, 0.1) is 0 Å². The molecular formula is C15H21NO3. The van der Waals surface area contributed by atoms with Crippen molar-refractivity contribution in [3.63, 3.8) is 0 Å². The van der Waals surface area contributed by atoms with E-state index in [1.54, 1.807) is 6.07 Å². The predicted molar refractivity (Wildman–Crippen MR) is 76.7 cm³/mol. The molecular weight excluding hydrogens is 242 g/mol. The summed E-state index contributed by atoms with van der Waals surface area (Å²) < 4.78 is 10.9. The molecule has 1 aromatic carbocycles. The third kappa shape index (κ3) is 4.10. The molecule has 19 heavy (non-hydrogen) atoms. The van der Waals surface area contributed by atoms with E-state index in [0.717, 1.165) is 11.1 Å². The van der Waals surface area contributed by atoms with Crippen LogP contribution >= 0.6 is 0 Å². The topological polar surface area (TPSA) is 42.7 Å². The lowest BCUT2D eigenvalue weighted by molar-refractivity contribution is 0.0989. The smallest absolute Gasteiger partial charge is 0.194 e. The number of carbonyl (C=O) groups is 1. The molecule has 4 nitrogen and oxygen atoms in total. The second-order valence-corrected chi connectivity index (χ2v) is 4.22. The van der Waals surface area contributed by atoms with Gasteiger partial charge in [-0.3, -0.25) is 9.69 Å². The van der Waals surface area contributed by atoms with Crippen LogP contribution in [0.15, 0.2) is 28.7 Å². The third-order valence-electron chi connectivity index (χ3n) is 2.32. The Labute approximate surface area is 114 Å². The van der Waals surface area contributed by atoms with E-state index in [2.05, 4.69) is 0 Å². The lowest BCUT2D eigenvalue weighted by Crippen LogP contribution is -2.18. The summed E-state index contributed by atoms with van der Waals surface area (Å²) in [7, 11) is 3.87. The van der Waals surface area contributed by atoms with Gasteiger partial charge in [0.05, 0.1) is 0 Å². The quantitative estimate of drug-likeness (QED) is 0.625. The SMILES string of the molecule is CC.CC(=O)c1cc2cc(OCN(C)C)ccc2o1. The third-order valence-corrected chi connectivity index (χ3v) is 2.32. The normalized spacial score (nSPS) is 10.2. The van der Waals surface area contributed by atoms with Crippen molar-refractivity contribution < 1.29 is 13.9 Å². The molecule has 0 saturated carbocycles. The van der Waals surface area contributed by atoms with Crippen LogP contribution in [0.5, 0.6) is 5.75 Å². The van der Waals surface area contributed by atoms with E-state index in [4.69, 9.17) is 9.15 Å². The zero-order valence-corrected chi connectivity index (χ0v) is 12.2. The second-order valence-electron chi connectivity index (χ2n) is 4.22. The van der Waals surface area contributed by atoms with Gasteiger partial charge in [-0.1, -0.05) is 13.8 Å². The van der Waals surface area contributed by atoms with Gasteiger partial charge in [0.25, 0.3) is 0 Å². The summed E-state index contributed by atoms with van der Waals surface area (Å²) in [5.41, 5.74) is 0.701. The molecule has 1 heterocycles. The summed E-state index contributed by atoms with van der Waals surface area (Å²) in [6, 6.07) is 7.25. The first-order valence-corrected chi connectivity index (χ1v) is 6.38. The molecule has 0 radical (unpaired) electrons. The number of ketones is 1. The molecule has 0 aliphatic carbocycles. The number of rotatable bonds is 4. The van der Waals surface area contributed by atoms with Crippen molar-refractivity contribution in [1.29, 1.82) is 0 Å². The average molecular weight is 263 g/mol. The Morgan fingerprint density at radius 2 is 1.95 bits per heavy atom. The molecule has 104 valence electrons. The summed E-state index contributed by atoms with van der Waals surface area (Å²) in [6.45, 7) is 6.00. The Kier molecular flexibility index (Phi) is 5.57. The van der Waals surface area contributed by atoms with E-state index in [1.165, 1.54) is 6.92 Å². The predicted octanol–water partition coefficient (Wildman–Crippen LogP) is 3.56. The number of nitrogens with zero attached hydrogens (tertiary/aromatic N) is 1. The van der Waals surface area contributed by atoms with E-state index < -0.39 is 0 Å². The maximum absolute atomic E-state index is 11.2. The van der Waals surface area contributed by atoms with Gasteiger partial charge in [-0.05, 0) is 38.4 Å². The number of fused-ring (bicyclic) bond motifs is 1. The fourth-order valence-electron chi connectivity index (χ4n) is 1.49. The van der Waals surface area contributed by atoms with Crippen LogP contribution in [0.25, 0.3) is 11.0 Å².